The molecule has 0 saturated carbocycles. The standard InChI is InChI=1S/C20H25N5O4.C15H17N3O4S.C7H14N2O.CH4/c1-12(26)25-9-7-13(8-10-25)23-20-22-11-14(19(21)24-20)18(27)17-15(28-2)5-4-6-16(17)29-3;1-4-23(20)15-17-8-9(14(16)18-15)13(19)12-10(21-2)6-5-7-11(12)22-3;1-6(10)9-4-2-7(8)3-5-9;/h4-6,11,13H,7-10H2,1-3H3,(H3,21,22,23,24);5-8H,4H2,1-3H3,(H2,16,17,18);7H,2-5,8H2,1H3;1H4. The molecule has 19 nitrogen and oxygen atoms in total. The summed E-state index contributed by atoms with van der Waals surface area (Å²) in [5, 5.41) is 3.34. The number of amides is 2. The molecule has 0 bridgehead atoms. The van der Waals surface area contributed by atoms with Crippen molar-refractivity contribution in [3.05, 3.63) is 71.0 Å². The second-order valence-corrected chi connectivity index (χ2v) is 15.7. The van der Waals surface area contributed by atoms with Gasteiger partial charge in [0.15, 0.2) is 0 Å². The van der Waals surface area contributed by atoms with E-state index in [9.17, 15) is 23.4 Å². The van der Waals surface area contributed by atoms with Crippen LogP contribution in [0.2, 0.25) is 0 Å². The van der Waals surface area contributed by atoms with E-state index in [1.807, 2.05) is 9.80 Å². The van der Waals surface area contributed by atoms with Crippen molar-refractivity contribution in [2.24, 2.45) is 5.73 Å². The number of carbonyl (C=O) groups excluding carboxylic acids is 4. The highest BCUT2D eigenvalue weighted by Crippen LogP contribution is 2.33. The Morgan fingerprint density at radius 3 is 1.46 bits per heavy atom. The van der Waals surface area contributed by atoms with Gasteiger partial charge in [0, 0.05) is 70.3 Å². The molecular formula is C43H60N10O9S. The fourth-order valence-corrected chi connectivity index (χ4v) is 7.21. The minimum Gasteiger partial charge on any atom is -0.496 e. The Bertz CT molecular complexity index is 2190. The van der Waals surface area contributed by atoms with Gasteiger partial charge in [0.05, 0.1) is 50.4 Å². The molecule has 342 valence electrons. The lowest BCUT2D eigenvalue weighted by Crippen LogP contribution is -2.41. The van der Waals surface area contributed by atoms with Gasteiger partial charge in [-0.15, -0.1) is 0 Å². The van der Waals surface area contributed by atoms with E-state index in [-0.39, 0.29) is 70.1 Å². The number of aromatic nitrogens is 4. The average Bonchev–Trinajstić information content (AvgIpc) is 3.28. The molecule has 2 aromatic carbocycles. The van der Waals surface area contributed by atoms with Crippen LogP contribution in [0.4, 0.5) is 17.6 Å². The van der Waals surface area contributed by atoms with Gasteiger partial charge in [-0.3, -0.25) is 23.4 Å². The van der Waals surface area contributed by atoms with Crippen LogP contribution in [0.1, 0.15) is 85.7 Å². The first kappa shape index (κ1) is 50.9. The number of benzene rings is 2. The number of nitrogens with one attached hydrogen (secondary N) is 1. The summed E-state index contributed by atoms with van der Waals surface area (Å²) in [7, 11) is 4.54. The zero-order chi connectivity index (χ0) is 45.5. The predicted octanol–water partition coefficient (Wildman–Crippen LogP) is 3.76. The Morgan fingerprint density at radius 2 is 1.10 bits per heavy atom. The summed E-state index contributed by atoms with van der Waals surface area (Å²) >= 11 is 0. The average molecular weight is 893 g/mol. The summed E-state index contributed by atoms with van der Waals surface area (Å²) in [5.74, 6) is 1.69. The van der Waals surface area contributed by atoms with Crippen LogP contribution < -0.4 is 41.5 Å². The SMILES string of the molecule is C.CC(=O)N1CCC(N)CC1.CCS(=O)c1ncc(C(=O)c2c(OC)cccc2OC)c(N)n1.COc1cccc(OC)c1C(=O)c1cnc(NC2CCN(C(C)=O)CC2)nc1N. The molecule has 2 saturated heterocycles. The van der Waals surface area contributed by atoms with Crippen LogP contribution in [-0.4, -0.2) is 130 Å². The van der Waals surface area contributed by atoms with Crippen LogP contribution in [-0.2, 0) is 20.4 Å². The van der Waals surface area contributed by atoms with Crippen molar-refractivity contribution in [1.29, 1.82) is 0 Å². The number of nitrogen functional groups attached to an aromatic ring is 2. The number of ether oxygens (including phenoxy) is 4. The number of anilines is 3. The second kappa shape index (κ2) is 24.3. The molecule has 20 heteroatoms. The second-order valence-electron chi connectivity index (χ2n) is 14.1. The molecule has 7 N–H and O–H groups in total. The van der Waals surface area contributed by atoms with E-state index in [0.29, 0.717) is 53.8 Å². The van der Waals surface area contributed by atoms with E-state index in [1.54, 1.807) is 57.2 Å². The predicted molar refractivity (Wildman–Crippen MR) is 241 cm³/mol. The number of ketones is 2. The number of carbonyl (C=O) groups is 4. The maximum Gasteiger partial charge on any atom is 0.224 e. The third kappa shape index (κ3) is 13.3. The highest BCUT2D eigenvalue weighted by Gasteiger charge is 2.26. The molecule has 0 spiro atoms. The first-order valence-electron chi connectivity index (χ1n) is 19.9. The Morgan fingerprint density at radius 1 is 0.698 bits per heavy atom. The van der Waals surface area contributed by atoms with Crippen LogP contribution in [0, 0.1) is 0 Å². The van der Waals surface area contributed by atoms with E-state index >= 15 is 0 Å². The number of rotatable bonds is 12. The smallest absolute Gasteiger partial charge is 0.224 e. The largest absolute Gasteiger partial charge is 0.496 e. The molecule has 2 fully saturated rings. The first-order chi connectivity index (χ1) is 29.7. The van der Waals surface area contributed by atoms with E-state index in [2.05, 4.69) is 25.3 Å². The number of nitrogens with zero attached hydrogens (tertiary/aromatic N) is 6. The normalized spacial score (nSPS) is 14.3. The van der Waals surface area contributed by atoms with Crippen LogP contribution >= 0.6 is 0 Å². The quantitative estimate of drug-likeness (QED) is 0.116. The monoisotopic (exact) mass is 892 g/mol. The molecule has 0 radical (unpaired) electrons. The minimum absolute atomic E-state index is 0. The molecule has 0 aliphatic carbocycles. The molecular weight excluding hydrogens is 833 g/mol. The maximum absolute atomic E-state index is 13.0. The Balaban J connectivity index is 0.000000276. The molecule has 2 aliphatic heterocycles. The van der Waals surface area contributed by atoms with Gasteiger partial charge in [-0.05, 0) is 49.9 Å². The number of nitrogens with two attached hydrogens (primary N) is 3. The summed E-state index contributed by atoms with van der Waals surface area (Å²) in [5.41, 5.74) is 18.3. The number of piperidine rings is 2. The zero-order valence-electron chi connectivity index (χ0n) is 36.1. The molecule has 1 unspecified atom stereocenters. The molecule has 63 heavy (non-hydrogen) atoms. The lowest BCUT2D eigenvalue weighted by molar-refractivity contribution is -0.130. The lowest BCUT2D eigenvalue weighted by atomic mass is 10.0. The summed E-state index contributed by atoms with van der Waals surface area (Å²) in [6.07, 6.45) is 6.19. The minimum atomic E-state index is -1.34. The van der Waals surface area contributed by atoms with E-state index < -0.39 is 16.6 Å². The van der Waals surface area contributed by atoms with Crippen molar-refractivity contribution in [3.63, 3.8) is 0 Å². The third-order valence-electron chi connectivity index (χ3n) is 10.1. The number of likely N-dealkylation sites (tertiary alicyclic amines) is 2. The molecule has 6 rings (SSSR count). The summed E-state index contributed by atoms with van der Waals surface area (Å²) in [6, 6.07) is 10.5. The van der Waals surface area contributed by atoms with Gasteiger partial charge in [-0.2, -0.15) is 4.98 Å². The summed E-state index contributed by atoms with van der Waals surface area (Å²) < 4.78 is 32.8. The Labute approximate surface area is 370 Å². The lowest BCUT2D eigenvalue weighted by Gasteiger charge is -2.31. The van der Waals surface area contributed by atoms with Gasteiger partial charge in [-0.1, -0.05) is 26.5 Å². The molecule has 4 heterocycles. The third-order valence-corrected chi connectivity index (χ3v) is 11.3. The van der Waals surface area contributed by atoms with Crippen LogP contribution in [0.15, 0.2) is 53.9 Å². The van der Waals surface area contributed by atoms with Gasteiger partial charge < -0.3 is 51.3 Å². The van der Waals surface area contributed by atoms with E-state index in [1.165, 1.54) is 40.8 Å². The van der Waals surface area contributed by atoms with E-state index in [0.717, 1.165) is 38.8 Å². The molecule has 2 aliphatic rings. The van der Waals surface area contributed by atoms with Crippen LogP contribution in [0.25, 0.3) is 0 Å². The number of hydrogen-bond donors (Lipinski definition) is 4. The fraction of sp³-hybridized carbons (Fsp3) is 0.442. The maximum atomic E-state index is 13.0. The van der Waals surface area contributed by atoms with Crippen molar-refractivity contribution in [1.82, 2.24) is 29.7 Å². The van der Waals surface area contributed by atoms with Crippen molar-refractivity contribution in [3.8, 4) is 23.0 Å². The van der Waals surface area contributed by atoms with Crippen LogP contribution in [0.3, 0.4) is 0 Å². The van der Waals surface area contributed by atoms with Gasteiger partial charge in [0.25, 0.3) is 0 Å². The molecule has 1 atom stereocenters. The molecule has 4 aromatic rings. The molecule has 2 amide bonds. The van der Waals surface area contributed by atoms with E-state index in [4.69, 9.17) is 36.1 Å². The Kier molecular flexibility index (Phi) is 19.6. The van der Waals surface area contributed by atoms with Gasteiger partial charge in [0.1, 0.15) is 45.8 Å². The topological polar surface area (TPSA) is 270 Å². The van der Waals surface area contributed by atoms with Crippen molar-refractivity contribution in [2.45, 2.75) is 71.1 Å². The van der Waals surface area contributed by atoms with Crippen molar-refractivity contribution < 1.29 is 42.3 Å². The highest BCUT2D eigenvalue weighted by molar-refractivity contribution is 7.84. The Hall–Kier alpha value is -6.41. The van der Waals surface area contributed by atoms with Crippen molar-refractivity contribution >= 4 is 51.8 Å². The number of methoxy groups -OCH3 is 4. The highest BCUT2D eigenvalue weighted by atomic mass is 32.2. The van der Waals surface area contributed by atoms with Gasteiger partial charge in [0.2, 0.25) is 34.5 Å². The van der Waals surface area contributed by atoms with Crippen LogP contribution in [0.5, 0.6) is 23.0 Å². The summed E-state index contributed by atoms with van der Waals surface area (Å²) in [4.78, 5) is 68.2. The first-order valence-corrected chi connectivity index (χ1v) is 21.2. The zero-order valence-corrected chi connectivity index (χ0v) is 37.0. The number of hydrogen-bond acceptors (Lipinski definition) is 17. The molecule has 2 aromatic heterocycles. The fourth-order valence-electron chi connectivity index (χ4n) is 6.59. The summed E-state index contributed by atoms with van der Waals surface area (Å²) in [6.45, 7) is 7.99. The van der Waals surface area contributed by atoms with Gasteiger partial charge in [-0.25, -0.2) is 15.0 Å². The van der Waals surface area contributed by atoms with Gasteiger partial charge >= 0.3 is 0 Å². The van der Waals surface area contributed by atoms with Crippen molar-refractivity contribution in [2.75, 3.05) is 77.2 Å².